The lowest BCUT2D eigenvalue weighted by Crippen LogP contribution is -2.02. The summed E-state index contributed by atoms with van der Waals surface area (Å²) in [6.45, 7) is 11.6. The Morgan fingerprint density at radius 2 is 0.682 bits per heavy atom. The largest absolute Gasteiger partial charge is 0.496 e. The molecule has 6 aromatic heterocycles. The summed E-state index contributed by atoms with van der Waals surface area (Å²) in [4.78, 5) is 30.7. The molecule has 12 heteroatoms. The van der Waals surface area contributed by atoms with Crippen molar-refractivity contribution in [1.29, 1.82) is 0 Å². The van der Waals surface area contributed by atoms with Crippen LogP contribution in [0.3, 0.4) is 0 Å². The van der Waals surface area contributed by atoms with E-state index in [9.17, 15) is 0 Å². The fourth-order valence-electron chi connectivity index (χ4n) is 9.52. The molecule has 6 heterocycles. The molecular weight excluding hydrogens is 821 g/mol. The number of aromatic nitrogens is 10. The normalized spacial score (nSPS) is 11.7. The number of hydrogen-bond donors (Lipinski definition) is 0. The molecule has 0 aliphatic carbocycles. The van der Waals surface area contributed by atoms with E-state index >= 15 is 0 Å². The molecule has 66 heavy (non-hydrogen) atoms. The Hall–Kier alpha value is -8.12. The number of ether oxygens (including phenoxy) is 2. The van der Waals surface area contributed by atoms with Gasteiger partial charge in [-0.25, -0.2) is 29.9 Å². The predicted octanol–water partition coefficient (Wildman–Crippen LogP) is 12.0. The van der Waals surface area contributed by atoms with E-state index in [-0.39, 0.29) is 0 Å². The molecule has 0 saturated carbocycles. The molecule has 0 aliphatic rings. The zero-order chi connectivity index (χ0) is 45.1. The van der Waals surface area contributed by atoms with Crippen molar-refractivity contribution in [2.24, 2.45) is 0 Å². The maximum Gasteiger partial charge on any atom is 0.159 e. The van der Waals surface area contributed by atoms with E-state index in [1.54, 1.807) is 14.2 Å². The summed E-state index contributed by atoms with van der Waals surface area (Å²) in [6, 6.07) is 45.4. The number of aryl methyl sites for hydroxylation is 4. The Balaban J connectivity index is 0.944. The van der Waals surface area contributed by atoms with Crippen molar-refractivity contribution >= 4 is 44.1 Å². The van der Waals surface area contributed by atoms with Crippen LogP contribution in [-0.4, -0.2) is 62.4 Å². The van der Waals surface area contributed by atoms with E-state index in [4.69, 9.17) is 39.4 Å². The number of fused-ring (bicyclic) bond motifs is 4. The van der Waals surface area contributed by atoms with Gasteiger partial charge in [-0.2, -0.15) is 0 Å². The minimum Gasteiger partial charge on any atom is -0.496 e. The number of imidazole rings is 4. The van der Waals surface area contributed by atoms with Gasteiger partial charge in [0.05, 0.1) is 58.4 Å². The smallest absolute Gasteiger partial charge is 0.159 e. The highest BCUT2D eigenvalue weighted by Crippen LogP contribution is 2.43. The highest BCUT2D eigenvalue weighted by atomic mass is 16.5. The summed E-state index contributed by atoms with van der Waals surface area (Å²) in [5.74, 6) is 4.72. The lowest BCUT2D eigenvalue weighted by Gasteiger charge is -2.16. The second-order valence-corrected chi connectivity index (χ2v) is 16.2. The summed E-state index contributed by atoms with van der Waals surface area (Å²) in [5.41, 5.74) is 14.8. The Labute approximate surface area is 381 Å². The molecule has 0 amide bonds. The van der Waals surface area contributed by atoms with Crippen molar-refractivity contribution in [2.45, 2.75) is 53.9 Å². The molecule has 0 saturated heterocycles. The summed E-state index contributed by atoms with van der Waals surface area (Å²) < 4.78 is 21.1. The van der Waals surface area contributed by atoms with Gasteiger partial charge in [0, 0.05) is 37.3 Å². The Kier molecular flexibility index (Phi) is 10.1. The number of pyridine rings is 2. The van der Waals surface area contributed by atoms with E-state index in [1.165, 1.54) is 0 Å². The molecule has 0 spiro atoms. The number of benzene rings is 5. The van der Waals surface area contributed by atoms with Crippen molar-refractivity contribution in [3.05, 3.63) is 133 Å². The van der Waals surface area contributed by atoms with Gasteiger partial charge in [0.2, 0.25) is 0 Å². The van der Waals surface area contributed by atoms with Gasteiger partial charge in [-0.15, -0.1) is 0 Å². The third-order valence-corrected chi connectivity index (χ3v) is 12.6. The predicted molar refractivity (Wildman–Crippen MR) is 264 cm³/mol. The fraction of sp³-hybridized carbons (Fsp3) is 0.185. The Morgan fingerprint density at radius 1 is 0.348 bits per heavy atom. The molecule has 326 valence electrons. The summed E-state index contributed by atoms with van der Waals surface area (Å²) in [7, 11) is 3.41. The average Bonchev–Trinajstić information content (AvgIpc) is 4.15. The lowest BCUT2D eigenvalue weighted by molar-refractivity contribution is 0.406. The van der Waals surface area contributed by atoms with Gasteiger partial charge < -0.3 is 27.7 Å². The van der Waals surface area contributed by atoms with Crippen molar-refractivity contribution in [1.82, 2.24) is 48.2 Å². The number of para-hydroxylation sites is 4. The minimum atomic E-state index is 0.715. The van der Waals surface area contributed by atoms with Crippen LogP contribution in [0.15, 0.2) is 133 Å². The van der Waals surface area contributed by atoms with Crippen molar-refractivity contribution in [3.63, 3.8) is 0 Å². The van der Waals surface area contributed by atoms with Crippen LogP contribution in [0.25, 0.3) is 112 Å². The molecule has 0 N–H and O–H groups in total. The van der Waals surface area contributed by atoms with Gasteiger partial charge in [0.25, 0.3) is 0 Å². The van der Waals surface area contributed by atoms with Gasteiger partial charge >= 0.3 is 0 Å². The molecule has 11 aromatic rings. The molecule has 0 atom stereocenters. The second-order valence-electron chi connectivity index (χ2n) is 16.2. The molecule has 12 nitrogen and oxygen atoms in total. The Bertz CT molecular complexity index is 3410. The van der Waals surface area contributed by atoms with Crippen LogP contribution < -0.4 is 9.47 Å². The van der Waals surface area contributed by atoms with Crippen LogP contribution in [-0.2, 0) is 26.2 Å². The van der Waals surface area contributed by atoms with E-state index in [1.807, 2.05) is 72.8 Å². The van der Waals surface area contributed by atoms with Gasteiger partial charge in [0.1, 0.15) is 34.3 Å². The van der Waals surface area contributed by atoms with Crippen LogP contribution in [0.1, 0.15) is 27.7 Å². The minimum absolute atomic E-state index is 0.715. The molecule has 0 fully saturated rings. The monoisotopic (exact) mass is 868 g/mol. The van der Waals surface area contributed by atoms with Gasteiger partial charge in [-0.1, -0.05) is 48.5 Å². The molecule has 0 unspecified atom stereocenters. The van der Waals surface area contributed by atoms with Crippen molar-refractivity contribution in [2.75, 3.05) is 14.2 Å². The average molecular weight is 869 g/mol. The van der Waals surface area contributed by atoms with E-state index < -0.39 is 0 Å². The highest BCUT2D eigenvalue weighted by Gasteiger charge is 2.22. The fourth-order valence-corrected chi connectivity index (χ4v) is 9.52. The number of methoxy groups -OCH3 is 2. The second kappa shape index (κ2) is 16.5. The molecule has 0 aliphatic heterocycles. The van der Waals surface area contributed by atoms with Crippen LogP contribution in [0.5, 0.6) is 11.5 Å². The summed E-state index contributed by atoms with van der Waals surface area (Å²) >= 11 is 0. The number of rotatable bonds is 12. The third-order valence-electron chi connectivity index (χ3n) is 12.6. The lowest BCUT2D eigenvalue weighted by atomic mass is 9.97. The highest BCUT2D eigenvalue weighted by molar-refractivity contribution is 5.91. The van der Waals surface area contributed by atoms with Crippen molar-refractivity contribution in [3.8, 4) is 79.8 Å². The van der Waals surface area contributed by atoms with Crippen LogP contribution in [0, 0.1) is 0 Å². The van der Waals surface area contributed by atoms with Gasteiger partial charge in [-0.3, -0.25) is 0 Å². The number of nitrogens with zero attached hydrogens (tertiary/aromatic N) is 10. The third kappa shape index (κ3) is 6.58. The van der Waals surface area contributed by atoms with Crippen LogP contribution in [0.4, 0.5) is 0 Å². The SMILES string of the molecule is CCn1c(-c2cccc(-c3nc4cc(-c5cc(OC)c(-c6ccc7c(c6)nc(-c6cccc(-c8nc9ccccc9n8CC)n6)n7CC)cc5OC)ccc4n3CC)n2)nc2ccccc21. The van der Waals surface area contributed by atoms with Gasteiger partial charge in [0.15, 0.2) is 23.3 Å². The first-order valence-electron chi connectivity index (χ1n) is 22.6. The molecule has 11 rings (SSSR count). The zero-order valence-corrected chi connectivity index (χ0v) is 37.8. The molecule has 5 aromatic carbocycles. The zero-order valence-electron chi connectivity index (χ0n) is 37.8. The number of hydrogen-bond acceptors (Lipinski definition) is 8. The summed E-state index contributed by atoms with van der Waals surface area (Å²) in [6.07, 6.45) is 0. The van der Waals surface area contributed by atoms with Gasteiger partial charge in [-0.05, 0) is 124 Å². The van der Waals surface area contributed by atoms with Crippen LogP contribution >= 0.6 is 0 Å². The van der Waals surface area contributed by atoms with E-state index in [2.05, 4.69) is 107 Å². The maximum absolute atomic E-state index is 6.12. The first-order chi connectivity index (χ1) is 32.4. The molecular formula is C54H48N10O2. The van der Waals surface area contributed by atoms with Crippen molar-refractivity contribution < 1.29 is 9.47 Å². The first kappa shape index (κ1) is 40.6. The summed E-state index contributed by atoms with van der Waals surface area (Å²) in [5, 5.41) is 0. The molecule has 0 bridgehead atoms. The Morgan fingerprint density at radius 3 is 1.03 bits per heavy atom. The first-order valence-corrected chi connectivity index (χ1v) is 22.6. The standard InChI is InChI=1S/C54H48N10O2/c1-7-61-45-23-13-11-17-37(45)57-51(61)39-19-15-21-41(55-39)53-59-43-29-33(25-27-47(43)63(53)9-3)35-31-50(66-6)36(32-49(35)65-5)34-26-28-48-44(30-34)60-54(64(48)10-4)42-22-16-20-40(56-42)52-58-38-18-12-14-24-46(38)62(52)8-2/h11-32H,7-10H2,1-6H3. The topological polar surface area (TPSA) is 116 Å². The molecule has 0 radical (unpaired) electrons. The van der Waals surface area contributed by atoms with Crippen LogP contribution in [0.2, 0.25) is 0 Å². The van der Waals surface area contributed by atoms with E-state index in [0.717, 1.165) is 139 Å². The maximum atomic E-state index is 6.12. The van der Waals surface area contributed by atoms with E-state index in [0.29, 0.717) is 11.5 Å². The quantitative estimate of drug-likeness (QED) is 0.119.